The summed E-state index contributed by atoms with van der Waals surface area (Å²) < 4.78 is 1.06. The number of halogens is 1. The molecule has 0 radical (unpaired) electrons. The molecule has 0 aliphatic rings. The highest BCUT2D eigenvalue weighted by Crippen LogP contribution is 2.27. The molecular weight excluding hydrogens is 276 g/mol. The maximum Gasteiger partial charge on any atom is 0.0903 e. The highest BCUT2D eigenvalue weighted by molar-refractivity contribution is 9.11. The minimum Gasteiger partial charge on any atom is -0.390 e. The molecule has 4 heteroatoms. The summed E-state index contributed by atoms with van der Waals surface area (Å²) in [5.41, 5.74) is -0.948. The second-order valence-electron chi connectivity index (χ2n) is 3.74. The van der Waals surface area contributed by atoms with E-state index in [2.05, 4.69) is 15.9 Å². The van der Waals surface area contributed by atoms with Gasteiger partial charge < -0.3 is 10.2 Å². The third-order valence-electron chi connectivity index (χ3n) is 2.87. The van der Waals surface area contributed by atoms with E-state index in [0.29, 0.717) is 19.3 Å². The van der Waals surface area contributed by atoms with Crippen molar-refractivity contribution >= 4 is 27.3 Å². The summed E-state index contributed by atoms with van der Waals surface area (Å²) in [6.07, 6.45) is 1.00. The molecule has 1 rings (SSSR count). The summed E-state index contributed by atoms with van der Waals surface area (Å²) in [5, 5.41) is 20.1. The number of hydrogen-bond acceptors (Lipinski definition) is 3. The summed E-state index contributed by atoms with van der Waals surface area (Å²) in [6, 6.07) is 3.94. The zero-order chi connectivity index (χ0) is 11.5. The zero-order valence-electron chi connectivity index (χ0n) is 9.03. The fourth-order valence-electron chi connectivity index (χ4n) is 1.56. The first-order chi connectivity index (χ1) is 7.01. The van der Waals surface area contributed by atoms with Crippen molar-refractivity contribution in [2.75, 3.05) is 0 Å². The van der Waals surface area contributed by atoms with Crippen LogP contribution in [0.1, 0.15) is 31.6 Å². The molecule has 2 N–H and O–H groups in total. The Hall–Kier alpha value is 0.1000. The van der Waals surface area contributed by atoms with Gasteiger partial charge in [0.2, 0.25) is 0 Å². The number of hydrogen-bond donors (Lipinski definition) is 2. The van der Waals surface area contributed by atoms with Crippen LogP contribution >= 0.6 is 27.3 Å². The van der Waals surface area contributed by atoms with Crippen LogP contribution in [0.3, 0.4) is 0 Å². The summed E-state index contributed by atoms with van der Waals surface area (Å²) >= 11 is 4.98. The van der Waals surface area contributed by atoms with E-state index in [1.165, 1.54) is 0 Å². The third-order valence-corrected chi connectivity index (χ3v) is 4.51. The van der Waals surface area contributed by atoms with E-state index < -0.39 is 11.7 Å². The zero-order valence-corrected chi connectivity index (χ0v) is 11.4. The molecule has 0 bridgehead atoms. The fourth-order valence-corrected chi connectivity index (χ4v) is 3.08. The van der Waals surface area contributed by atoms with Crippen LogP contribution in [-0.4, -0.2) is 21.9 Å². The molecule has 0 amide bonds. The molecule has 1 unspecified atom stereocenters. The Labute approximate surface area is 103 Å². The van der Waals surface area contributed by atoms with E-state index in [9.17, 15) is 10.2 Å². The molecule has 2 nitrogen and oxygen atoms in total. The van der Waals surface area contributed by atoms with Crippen molar-refractivity contribution < 1.29 is 10.2 Å². The van der Waals surface area contributed by atoms with Gasteiger partial charge in [0.1, 0.15) is 0 Å². The molecule has 86 valence electrons. The molecule has 0 aromatic carbocycles. The Kier molecular flexibility index (Phi) is 4.77. The van der Waals surface area contributed by atoms with Crippen molar-refractivity contribution in [3.8, 4) is 0 Å². The van der Waals surface area contributed by atoms with Crippen molar-refractivity contribution in [3.63, 3.8) is 0 Å². The minimum absolute atomic E-state index is 0.522. The molecule has 15 heavy (non-hydrogen) atoms. The Balaban J connectivity index is 2.65. The average molecular weight is 293 g/mol. The first-order valence-electron chi connectivity index (χ1n) is 5.16. The molecule has 0 saturated carbocycles. The maximum absolute atomic E-state index is 10.1. The molecule has 0 fully saturated rings. The normalized spacial score (nSPS) is 14.2. The van der Waals surface area contributed by atoms with Crippen LogP contribution in [0.2, 0.25) is 0 Å². The van der Waals surface area contributed by atoms with Crippen LogP contribution < -0.4 is 0 Å². The summed E-state index contributed by atoms with van der Waals surface area (Å²) in [7, 11) is 0. The SMILES string of the molecule is CCC(O)(CC)C(O)Cc1ccc(Br)s1. The van der Waals surface area contributed by atoms with Crippen LogP contribution in [0.5, 0.6) is 0 Å². The Bertz CT molecular complexity index is 307. The second kappa shape index (κ2) is 5.43. The smallest absolute Gasteiger partial charge is 0.0903 e. The average Bonchev–Trinajstić information content (AvgIpc) is 2.62. The summed E-state index contributed by atoms with van der Waals surface area (Å²) in [6.45, 7) is 3.80. The fraction of sp³-hybridized carbons (Fsp3) is 0.636. The van der Waals surface area contributed by atoms with Crippen molar-refractivity contribution in [1.29, 1.82) is 0 Å². The van der Waals surface area contributed by atoms with E-state index in [4.69, 9.17) is 0 Å². The lowest BCUT2D eigenvalue weighted by atomic mass is 9.88. The van der Waals surface area contributed by atoms with Gasteiger partial charge >= 0.3 is 0 Å². The lowest BCUT2D eigenvalue weighted by Crippen LogP contribution is -2.42. The minimum atomic E-state index is -0.948. The molecule has 0 saturated heterocycles. The van der Waals surface area contributed by atoms with E-state index in [0.717, 1.165) is 8.66 Å². The molecule has 0 aliphatic heterocycles. The van der Waals surface area contributed by atoms with Gasteiger partial charge in [-0.05, 0) is 40.9 Å². The standard InChI is InChI=1S/C11H17BrO2S/c1-3-11(14,4-2)9(13)7-8-5-6-10(12)15-8/h5-6,9,13-14H,3-4,7H2,1-2H3. The van der Waals surface area contributed by atoms with Gasteiger partial charge in [0.05, 0.1) is 15.5 Å². The molecular formula is C11H17BrO2S. The predicted octanol–water partition coefficient (Wildman–Crippen LogP) is 2.97. The van der Waals surface area contributed by atoms with Crippen LogP contribution in [-0.2, 0) is 6.42 Å². The van der Waals surface area contributed by atoms with E-state index in [1.807, 2.05) is 26.0 Å². The van der Waals surface area contributed by atoms with Crippen LogP contribution in [0, 0.1) is 0 Å². The monoisotopic (exact) mass is 292 g/mol. The van der Waals surface area contributed by atoms with Gasteiger partial charge in [0.25, 0.3) is 0 Å². The molecule has 1 aromatic rings. The quantitative estimate of drug-likeness (QED) is 0.876. The highest BCUT2D eigenvalue weighted by Gasteiger charge is 2.31. The summed E-state index contributed by atoms with van der Waals surface area (Å²) in [5.74, 6) is 0. The van der Waals surface area contributed by atoms with Crippen molar-refractivity contribution in [3.05, 3.63) is 20.8 Å². The molecule has 1 aromatic heterocycles. The first kappa shape index (κ1) is 13.2. The Morgan fingerprint density at radius 2 is 2.00 bits per heavy atom. The molecule has 0 spiro atoms. The lowest BCUT2D eigenvalue weighted by Gasteiger charge is -2.30. The molecule has 1 atom stereocenters. The van der Waals surface area contributed by atoms with Gasteiger partial charge in [0.15, 0.2) is 0 Å². The van der Waals surface area contributed by atoms with Crippen molar-refractivity contribution in [1.82, 2.24) is 0 Å². The first-order valence-corrected chi connectivity index (χ1v) is 6.77. The van der Waals surface area contributed by atoms with E-state index in [-0.39, 0.29) is 0 Å². The number of aliphatic hydroxyl groups is 2. The largest absolute Gasteiger partial charge is 0.390 e. The summed E-state index contributed by atoms with van der Waals surface area (Å²) in [4.78, 5) is 1.09. The van der Waals surface area contributed by atoms with E-state index >= 15 is 0 Å². The maximum atomic E-state index is 10.1. The molecule has 0 aliphatic carbocycles. The van der Waals surface area contributed by atoms with Crippen LogP contribution in [0.25, 0.3) is 0 Å². The van der Waals surface area contributed by atoms with Gasteiger partial charge in [-0.15, -0.1) is 11.3 Å². The van der Waals surface area contributed by atoms with Crippen molar-refractivity contribution in [2.45, 2.75) is 44.8 Å². The van der Waals surface area contributed by atoms with Gasteiger partial charge in [-0.25, -0.2) is 0 Å². The second-order valence-corrected chi connectivity index (χ2v) is 6.28. The van der Waals surface area contributed by atoms with Gasteiger partial charge in [-0.1, -0.05) is 13.8 Å². The van der Waals surface area contributed by atoms with Crippen LogP contribution in [0.4, 0.5) is 0 Å². The Morgan fingerprint density at radius 1 is 1.40 bits per heavy atom. The topological polar surface area (TPSA) is 40.5 Å². The van der Waals surface area contributed by atoms with Gasteiger partial charge in [-0.2, -0.15) is 0 Å². The molecule has 1 heterocycles. The van der Waals surface area contributed by atoms with E-state index in [1.54, 1.807) is 11.3 Å². The van der Waals surface area contributed by atoms with Gasteiger partial charge in [0, 0.05) is 11.3 Å². The highest BCUT2D eigenvalue weighted by atomic mass is 79.9. The van der Waals surface area contributed by atoms with Crippen LogP contribution in [0.15, 0.2) is 15.9 Å². The number of aliphatic hydroxyl groups excluding tert-OH is 1. The van der Waals surface area contributed by atoms with Crippen molar-refractivity contribution in [2.24, 2.45) is 0 Å². The predicted molar refractivity (Wildman–Crippen MR) is 67.3 cm³/mol. The van der Waals surface area contributed by atoms with Gasteiger partial charge in [-0.3, -0.25) is 0 Å². The Morgan fingerprint density at radius 3 is 2.40 bits per heavy atom. The number of thiophene rings is 1. The lowest BCUT2D eigenvalue weighted by molar-refractivity contribution is -0.0787. The number of rotatable bonds is 5. The third kappa shape index (κ3) is 3.28.